The van der Waals surface area contributed by atoms with Gasteiger partial charge < -0.3 is 10.1 Å². The summed E-state index contributed by atoms with van der Waals surface area (Å²) in [6.45, 7) is 7.07. The van der Waals surface area contributed by atoms with Gasteiger partial charge in [-0.25, -0.2) is 4.39 Å². The number of methoxy groups -OCH3 is 1. The fourth-order valence-electron chi connectivity index (χ4n) is 2.13. The molecule has 0 aromatic heterocycles. The average molecular weight is 288 g/mol. The van der Waals surface area contributed by atoms with Gasteiger partial charge in [-0.15, -0.1) is 0 Å². The number of halogens is 2. The molecule has 0 bridgehead atoms. The Morgan fingerprint density at radius 3 is 2.63 bits per heavy atom. The summed E-state index contributed by atoms with van der Waals surface area (Å²) in [6, 6.07) is 4.82. The Labute approximate surface area is 120 Å². The third-order valence-electron chi connectivity index (χ3n) is 3.26. The quantitative estimate of drug-likeness (QED) is 0.823. The number of nitrogens with one attached hydrogen (secondary N) is 1. The van der Waals surface area contributed by atoms with E-state index in [-0.39, 0.29) is 17.5 Å². The van der Waals surface area contributed by atoms with Crippen LogP contribution in [0.3, 0.4) is 0 Å². The normalized spacial score (nSPS) is 13.6. The highest BCUT2D eigenvalue weighted by atomic mass is 35.5. The van der Waals surface area contributed by atoms with Crippen molar-refractivity contribution in [3.05, 3.63) is 34.6 Å². The molecule has 19 heavy (non-hydrogen) atoms. The van der Waals surface area contributed by atoms with Gasteiger partial charge in [-0.05, 0) is 50.9 Å². The molecule has 1 aromatic carbocycles. The van der Waals surface area contributed by atoms with Crippen LogP contribution in [0.15, 0.2) is 18.2 Å². The van der Waals surface area contributed by atoms with Crippen molar-refractivity contribution in [1.29, 1.82) is 0 Å². The van der Waals surface area contributed by atoms with Crippen molar-refractivity contribution in [2.45, 2.75) is 45.3 Å². The van der Waals surface area contributed by atoms with Crippen LogP contribution in [-0.4, -0.2) is 25.3 Å². The lowest BCUT2D eigenvalue weighted by molar-refractivity contribution is 0.00726. The summed E-state index contributed by atoms with van der Waals surface area (Å²) in [6.07, 6.45) is 1.63. The van der Waals surface area contributed by atoms with Gasteiger partial charge in [0.2, 0.25) is 0 Å². The Morgan fingerprint density at radius 2 is 2.11 bits per heavy atom. The second-order valence-electron chi connectivity index (χ2n) is 5.36. The Morgan fingerprint density at radius 1 is 1.42 bits per heavy atom. The summed E-state index contributed by atoms with van der Waals surface area (Å²) in [5, 5.41) is 3.92. The molecular formula is C15H23ClFNO. The van der Waals surface area contributed by atoms with Gasteiger partial charge >= 0.3 is 0 Å². The maximum atomic E-state index is 13.0. The first kappa shape index (κ1) is 16.4. The zero-order valence-corrected chi connectivity index (χ0v) is 12.9. The van der Waals surface area contributed by atoms with Crippen LogP contribution >= 0.6 is 11.6 Å². The summed E-state index contributed by atoms with van der Waals surface area (Å²) >= 11 is 6.08. The second-order valence-corrected chi connectivity index (χ2v) is 5.77. The maximum Gasteiger partial charge on any atom is 0.124 e. The standard InChI is InChI=1S/C15H23ClFNO/c1-5-18-13(10-15(2,3)19-4)8-11-6-7-12(17)9-14(11)16/h6-7,9,13,18H,5,8,10H2,1-4H3. The van der Waals surface area contributed by atoms with E-state index in [9.17, 15) is 4.39 Å². The van der Waals surface area contributed by atoms with E-state index in [1.165, 1.54) is 12.1 Å². The lowest BCUT2D eigenvalue weighted by Gasteiger charge is -2.29. The van der Waals surface area contributed by atoms with Gasteiger partial charge in [-0.2, -0.15) is 0 Å². The minimum atomic E-state index is -0.300. The molecule has 0 amide bonds. The van der Waals surface area contributed by atoms with Crippen LogP contribution in [0, 0.1) is 5.82 Å². The molecule has 0 fully saturated rings. The molecule has 1 atom stereocenters. The molecule has 108 valence electrons. The molecule has 0 spiro atoms. The molecule has 1 unspecified atom stereocenters. The highest BCUT2D eigenvalue weighted by molar-refractivity contribution is 6.31. The Kier molecular flexibility index (Phi) is 6.24. The topological polar surface area (TPSA) is 21.3 Å². The van der Waals surface area contributed by atoms with E-state index < -0.39 is 0 Å². The van der Waals surface area contributed by atoms with Gasteiger partial charge in [-0.1, -0.05) is 24.6 Å². The number of likely N-dealkylation sites (N-methyl/N-ethyl adjacent to an activating group) is 1. The zero-order chi connectivity index (χ0) is 14.5. The zero-order valence-electron chi connectivity index (χ0n) is 12.1. The minimum absolute atomic E-state index is 0.195. The van der Waals surface area contributed by atoms with Crippen molar-refractivity contribution >= 4 is 11.6 Å². The fraction of sp³-hybridized carbons (Fsp3) is 0.600. The van der Waals surface area contributed by atoms with Crippen LogP contribution in [0.4, 0.5) is 4.39 Å². The number of ether oxygens (including phenoxy) is 1. The average Bonchev–Trinajstić information content (AvgIpc) is 2.32. The first-order valence-electron chi connectivity index (χ1n) is 6.60. The van der Waals surface area contributed by atoms with Crippen molar-refractivity contribution in [1.82, 2.24) is 5.32 Å². The van der Waals surface area contributed by atoms with Gasteiger partial charge in [0, 0.05) is 18.2 Å². The monoisotopic (exact) mass is 287 g/mol. The molecule has 0 saturated heterocycles. The largest absolute Gasteiger partial charge is 0.379 e. The van der Waals surface area contributed by atoms with Crippen LogP contribution in [0.1, 0.15) is 32.8 Å². The summed E-state index contributed by atoms with van der Waals surface area (Å²) in [7, 11) is 1.72. The van der Waals surface area contributed by atoms with Crippen molar-refractivity contribution in [3.8, 4) is 0 Å². The highest BCUT2D eigenvalue weighted by Gasteiger charge is 2.23. The van der Waals surface area contributed by atoms with Gasteiger partial charge in [0.1, 0.15) is 5.82 Å². The molecule has 0 heterocycles. The van der Waals surface area contributed by atoms with Crippen LogP contribution in [0.2, 0.25) is 5.02 Å². The van der Waals surface area contributed by atoms with E-state index in [1.807, 2.05) is 0 Å². The van der Waals surface area contributed by atoms with Crippen LogP contribution < -0.4 is 5.32 Å². The predicted molar refractivity (Wildman–Crippen MR) is 78.3 cm³/mol. The summed E-state index contributed by atoms with van der Waals surface area (Å²) in [5.41, 5.74) is 0.764. The van der Waals surface area contributed by atoms with E-state index in [1.54, 1.807) is 13.2 Å². The Bertz CT molecular complexity index is 409. The first-order chi connectivity index (χ1) is 8.88. The number of benzene rings is 1. The molecular weight excluding hydrogens is 265 g/mol. The maximum absolute atomic E-state index is 13.0. The lowest BCUT2D eigenvalue weighted by Crippen LogP contribution is -2.39. The van der Waals surface area contributed by atoms with Crippen molar-refractivity contribution in [2.24, 2.45) is 0 Å². The van der Waals surface area contributed by atoms with E-state index in [4.69, 9.17) is 16.3 Å². The van der Waals surface area contributed by atoms with Gasteiger partial charge in [0.05, 0.1) is 5.60 Å². The molecule has 0 radical (unpaired) electrons. The molecule has 1 rings (SSSR count). The van der Waals surface area contributed by atoms with Crippen LogP contribution in [0.25, 0.3) is 0 Å². The SMILES string of the molecule is CCNC(Cc1ccc(F)cc1Cl)CC(C)(C)OC. The first-order valence-corrected chi connectivity index (χ1v) is 6.98. The molecule has 0 aliphatic carbocycles. The predicted octanol–water partition coefficient (Wildman–Crippen LogP) is 3.81. The molecule has 1 N–H and O–H groups in total. The third-order valence-corrected chi connectivity index (χ3v) is 3.62. The Balaban J connectivity index is 2.77. The smallest absolute Gasteiger partial charge is 0.124 e. The van der Waals surface area contributed by atoms with E-state index >= 15 is 0 Å². The molecule has 0 aliphatic rings. The molecule has 0 saturated carbocycles. The lowest BCUT2D eigenvalue weighted by atomic mass is 9.94. The summed E-state index contributed by atoms with van der Waals surface area (Å²) in [5.74, 6) is -0.300. The van der Waals surface area contributed by atoms with Crippen molar-refractivity contribution in [2.75, 3.05) is 13.7 Å². The van der Waals surface area contributed by atoms with E-state index in [2.05, 4.69) is 26.1 Å². The van der Waals surface area contributed by atoms with E-state index in [0.717, 1.165) is 24.9 Å². The third kappa shape index (κ3) is 5.47. The molecule has 4 heteroatoms. The van der Waals surface area contributed by atoms with Crippen molar-refractivity contribution < 1.29 is 9.13 Å². The van der Waals surface area contributed by atoms with Gasteiger partial charge in [0.25, 0.3) is 0 Å². The number of rotatable bonds is 7. The van der Waals surface area contributed by atoms with Gasteiger partial charge in [-0.3, -0.25) is 0 Å². The summed E-state index contributed by atoms with van der Waals surface area (Å²) in [4.78, 5) is 0. The second kappa shape index (κ2) is 7.22. The minimum Gasteiger partial charge on any atom is -0.379 e. The van der Waals surface area contributed by atoms with Crippen molar-refractivity contribution in [3.63, 3.8) is 0 Å². The Hall–Kier alpha value is -0.640. The highest BCUT2D eigenvalue weighted by Crippen LogP contribution is 2.23. The van der Waals surface area contributed by atoms with E-state index in [0.29, 0.717) is 5.02 Å². The van der Waals surface area contributed by atoms with Crippen LogP contribution in [0.5, 0.6) is 0 Å². The fourth-order valence-corrected chi connectivity index (χ4v) is 2.38. The van der Waals surface area contributed by atoms with Crippen LogP contribution in [-0.2, 0) is 11.2 Å². The molecule has 0 aliphatic heterocycles. The molecule has 1 aromatic rings. The van der Waals surface area contributed by atoms with Gasteiger partial charge in [0.15, 0.2) is 0 Å². The number of hydrogen-bond acceptors (Lipinski definition) is 2. The summed E-state index contributed by atoms with van der Waals surface area (Å²) < 4.78 is 18.5. The number of hydrogen-bond donors (Lipinski definition) is 1. The molecule has 2 nitrogen and oxygen atoms in total.